The monoisotopic (exact) mass is 335 g/mol. The van der Waals surface area contributed by atoms with Gasteiger partial charge in [-0.15, -0.1) is 0 Å². The fraction of sp³-hybridized carbons (Fsp3) is 0.529. The molecule has 7 nitrogen and oxygen atoms in total. The van der Waals surface area contributed by atoms with E-state index < -0.39 is 28.8 Å². The zero-order valence-corrected chi connectivity index (χ0v) is 13.8. The van der Waals surface area contributed by atoms with Crippen LogP contribution in [0.5, 0.6) is 5.75 Å². The van der Waals surface area contributed by atoms with Gasteiger partial charge in [-0.2, -0.15) is 0 Å². The van der Waals surface area contributed by atoms with Gasteiger partial charge < -0.3 is 9.47 Å². The van der Waals surface area contributed by atoms with Crippen molar-refractivity contribution >= 4 is 11.8 Å². The molecule has 1 saturated carbocycles. The van der Waals surface area contributed by atoms with Crippen molar-refractivity contribution in [3.8, 4) is 5.75 Å². The Labute approximate surface area is 140 Å². The van der Waals surface area contributed by atoms with Crippen molar-refractivity contribution in [2.45, 2.75) is 32.1 Å². The molecule has 1 aliphatic carbocycles. The van der Waals surface area contributed by atoms with E-state index in [2.05, 4.69) is 0 Å². The lowest BCUT2D eigenvalue weighted by Crippen LogP contribution is -2.45. The van der Waals surface area contributed by atoms with Crippen molar-refractivity contribution in [3.05, 3.63) is 39.9 Å². The van der Waals surface area contributed by atoms with Crippen LogP contribution in [0.25, 0.3) is 0 Å². The minimum Gasteiger partial charge on any atom is -0.496 e. The van der Waals surface area contributed by atoms with Gasteiger partial charge in [-0.25, -0.2) is 0 Å². The lowest BCUT2D eigenvalue weighted by Gasteiger charge is -2.32. The predicted octanol–water partition coefficient (Wildman–Crippen LogP) is 2.36. The molecule has 0 aromatic heterocycles. The molecule has 0 saturated heterocycles. The van der Waals surface area contributed by atoms with E-state index in [-0.39, 0.29) is 25.2 Å². The highest BCUT2D eigenvalue weighted by molar-refractivity contribution is 6.06. The fourth-order valence-electron chi connectivity index (χ4n) is 3.50. The number of esters is 1. The van der Waals surface area contributed by atoms with Gasteiger partial charge in [0.15, 0.2) is 5.78 Å². The first-order chi connectivity index (χ1) is 11.5. The Morgan fingerprint density at radius 1 is 1.42 bits per heavy atom. The summed E-state index contributed by atoms with van der Waals surface area (Å²) in [7, 11) is 1.45. The number of carbonyl (C=O) groups excluding carboxylic acids is 2. The third-order valence-corrected chi connectivity index (χ3v) is 4.55. The quantitative estimate of drug-likeness (QED) is 0.328. The Kier molecular flexibility index (Phi) is 5.54. The number of methoxy groups -OCH3 is 1. The van der Waals surface area contributed by atoms with Crippen LogP contribution < -0.4 is 4.74 Å². The molecule has 1 fully saturated rings. The molecular weight excluding hydrogens is 314 g/mol. The zero-order chi connectivity index (χ0) is 17.7. The van der Waals surface area contributed by atoms with Gasteiger partial charge in [-0.3, -0.25) is 19.7 Å². The number of nitro groups is 1. The minimum absolute atomic E-state index is 0.116. The molecule has 1 aromatic carbocycles. The average Bonchev–Trinajstić information content (AvgIpc) is 2.95. The molecule has 0 spiro atoms. The molecule has 0 bridgehead atoms. The zero-order valence-electron chi connectivity index (χ0n) is 13.8. The summed E-state index contributed by atoms with van der Waals surface area (Å²) in [6, 6.07) is 6.78. The van der Waals surface area contributed by atoms with Crippen molar-refractivity contribution in [2.24, 2.45) is 5.41 Å². The third-order valence-electron chi connectivity index (χ3n) is 4.55. The van der Waals surface area contributed by atoms with E-state index in [0.717, 1.165) is 0 Å². The van der Waals surface area contributed by atoms with E-state index in [4.69, 9.17) is 9.47 Å². The molecule has 130 valence electrons. The van der Waals surface area contributed by atoms with Crippen LogP contribution in [0.3, 0.4) is 0 Å². The van der Waals surface area contributed by atoms with Gasteiger partial charge in [0.25, 0.3) is 0 Å². The maximum absolute atomic E-state index is 12.7. The van der Waals surface area contributed by atoms with Gasteiger partial charge in [-0.1, -0.05) is 18.2 Å². The van der Waals surface area contributed by atoms with Crippen LogP contribution in [0.1, 0.15) is 37.7 Å². The highest BCUT2D eigenvalue weighted by atomic mass is 16.6. The SMILES string of the molecule is CCOC(=O)[C@]1([C@@H](C[N+](=O)[O-])c2ccccc2OC)CCCC1=O. The van der Waals surface area contributed by atoms with Gasteiger partial charge in [0, 0.05) is 16.9 Å². The van der Waals surface area contributed by atoms with E-state index in [9.17, 15) is 19.7 Å². The highest BCUT2D eigenvalue weighted by Gasteiger charge is 2.58. The number of para-hydroxylation sites is 1. The smallest absolute Gasteiger partial charge is 0.320 e. The number of Topliss-reactive ketones (excluding diaryl/α,β-unsaturated/α-hetero) is 1. The average molecular weight is 335 g/mol. The number of benzene rings is 1. The van der Waals surface area contributed by atoms with E-state index in [1.165, 1.54) is 7.11 Å². The number of hydrogen-bond donors (Lipinski definition) is 0. The largest absolute Gasteiger partial charge is 0.496 e. The summed E-state index contributed by atoms with van der Waals surface area (Å²) in [5.41, 5.74) is -1.03. The van der Waals surface area contributed by atoms with Crippen molar-refractivity contribution in [1.29, 1.82) is 0 Å². The number of rotatable bonds is 7. The second-order valence-corrected chi connectivity index (χ2v) is 5.78. The molecule has 0 aliphatic heterocycles. The van der Waals surface area contributed by atoms with Crippen LogP contribution in [-0.4, -0.2) is 36.9 Å². The molecule has 1 aromatic rings. The predicted molar refractivity (Wildman–Crippen MR) is 85.5 cm³/mol. The van der Waals surface area contributed by atoms with Crippen LogP contribution in [0.4, 0.5) is 0 Å². The van der Waals surface area contributed by atoms with E-state index in [1.54, 1.807) is 31.2 Å². The van der Waals surface area contributed by atoms with E-state index in [1.807, 2.05) is 0 Å². The number of nitrogens with zero attached hydrogens (tertiary/aromatic N) is 1. The van der Waals surface area contributed by atoms with Crippen molar-refractivity contribution in [3.63, 3.8) is 0 Å². The molecule has 2 atom stereocenters. The van der Waals surface area contributed by atoms with Crippen molar-refractivity contribution in [2.75, 3.05) is 20.3 Å². The topological polar surface area (TPSA) is 95.7 Å². The molecule has 0 N–H and O–H groups in total. The summed E-state index contributed by atoms with van der Waals surface area (Å²) in [5.74, 6) is -1.46. The van der Waals surface area contributed by atoms with Gasteiger partial charge in [-0.05, 0) is 25.8 Å². The van der Waals surface area contributed by atoms with Crippen molar-refractivity contribution < 1.29 is 24.0 Å². The maximum Gasteiger partial charge on any atom is 0.320 e. The number of ether oxygens (including phenoxy) is 2. The summed E-state index contributed by atoms with van der Waals surface area (Å²) in [4.78, 5) is 36.1. The van der Waals surface area contributed by atoms with E-state index in [0.29, 0.717) is 17.7 Å². The Balaban J connectivity index is 2.61. The molecule has 0 amide bonds. The van der Waals surface area contributed by atoms with E-state index >= 15 is 0 Å². The second kappa shape index (κ2) is 7.42. The molecule has 0 radical (unpaired) electrons. The Hall–Kier alpha value is -2.44. The minimum atomic E-state index is -1.52. The first-order valence-electron chi connectivity index (χ1n) is 7.92. The molecule has 2 rings (SSSR count). The Morgan fingerprint density at radius 2 is 2.12 bits per heavy atom. The molecule has 0 heterocycles. The summed E-state index contributed by atoms with van der Waals surface area (Å²) < 4.78 is 10.4. The molecule has 24 heavy (non-hydrogen) atoms. The van der Waals surface area contributed by atoms with Gasteiger partial charge in [0.2, 0.25) is 6.54 Å². The van der Waals surface area contributed by atoms with Crippen LogP contribution in [0.15, 0.2) is 24.3 Å². The van der Waals surface area contributed by atoms with Gasteiger partial charge >= 0.3 is 5.97 Å². The maximum atomic E-state index is 12.7. The third kappa shape index (κ3) is 3.11. The van der Waals surface area contributed by atoms with Crippen LogP contribution in [0.2, 0.25) is 0 Å². The molecule has 1 aliphatic rings. The summed E-state index contributed by atoms with van der Waals surface area (Å²) in [6.45, 7) is 1.23. The summed E-state index contributed by atoms with van der Waals surface area (Å²) in [5, 5.41) is 11.3. The normalized spacial score (nSPS) is 21.3. The fourth-order valence-corrected chi connectivity index (χ4v) is 3.50. The Morgan fingerprint density at radius 3 is 2.67 bits per heavy atom. The summed E-state index contributed by atoms with van der Waals surface area (Å²) in [6.07, 6.45) is 0.990. The van der Waals surface area contributed by atoms with Crippen LogP contribution >= 0.6 is 0 Å². The summed E-state index contributed by atoms with van der Waals surface area (Å²) >= 11 is 0. The van der Waals surface area contributed by atoms with Crippen molar-refractivity contribution in [1.82, 2.24) is 0 Å². The molecular formula is C17H21NO6. The van der Waals surface area contributed by atoms with Crippen LogP contribution in [0, 0.1) is 15.5 Å². The first-order valence-corrected chi connectivity index (χ1v) is 7.92. The lowest BCUT2D eigenvalue weighted by atomic mass is 9.69. The molecule has 7 heteroatoms. The first kappa shape index (κ1) is 17.9. The lowest BCUT2D eigenvalue weighted by molar-refractivity contribution is -0.485. The number of hydrogen-bond acceptors (Lipinski definition) is 6. The van der Waals surface area contributed by atoms with Crippen LogP contribution in [-0.2, 0) is 14.3 Å². The number of carbonyl (C=O) groups is 2. The highest BCUT2D eigenvalue weighted by Crippen LogP contribution is 2.49. The van der Waals surface area contributed by atoms with Gasteiger partial charge in [0.05, 0.1) is 19.6 Å². The molecule has 0 unspecified atom stereocenters. The second-order valence-electron chi connectivity index (χ2n) is 5.78. The number of ketones is 1. The standard InChI is InChI=1S/C17H21NO6/c1-3-24-16(20)17(10-6-9-15(17)19)13(11-18(21)22)12-7-4-5-8-14(12)23-2/h4-5,7-8,13H,3,6,9-11H2,1-2H3/t13-,17-/m0/s1. The van der Waals surface area contributed by atoms with Gasteiger partial charge in [0.1, 0.15) is 11.2 Å². The Bertz CT molecular complexity index is 644.